The summed E-state index contributed by atoms with van der Waals surface area (Å²) in [7, 11) is 0. The van der Waals surface area contributed by atoms with Gasteiger partial charge in [0.2, 0.25) is 5.91 Å². The maximum atomic E-state index is 13.6. The van der Waals surface area contributed by atoms with Gasteiger partial charge < -0.3 is 10.6 Å². The van der Waals surface area contributed by atoms with E-state index in [0.29, 0.717) is 16.7 Å². The second-order valence-corrected chi connectivity index (χ2v) is 6.31. The molecule has 1 spiro atoms. The Morgan fingerprint density at radius 1 is 1.16 bits per heavy atom. The van der Waals surface area contributed by atoms with E-state index in [2.05, 4.69) is 26.6 Å². The van der Waals surface area contributed by atoms with Crippen LogP contribution in [0, 0.1) is 11.2 Å². The molecule has 1 amide bonds. The Bertz CT molecular complexity index is 526. The van der Waals surface area contributed by atoms with Crippen molar-refractivity contribution in [3.05, 3.63) is 22.4 Å². The molecule has 5 heteroatoms. The van der Waals surface area contributed by atoms with E-state index in [4.69, 9.17) is 0 Å². The molecule has 0 bridgehead atoms. The Hall–Kier alpha value is -1.10. The lowest BCUT2D eigenvalue weighted by molar-refractivity contribution is -0.126. The summed E-state index contributed by atoms with van der Waals surface area (Å²) in [5.41, 5.74) is 0.984. The number of rotatable bonds is 0. The van der Waals surface area contributed by atoms with Crippen LogP contribution in [0.25, 0.3) is 0 Å². The van der Waals surface area contributed by atoms with Crippen LogP contribution in [0.5, 0.6) is 0 Å². The van der Waals surface area contributed by atoms with E-state index < -0.39 is 0 Å². The molecular weight excluding hydrogens is 311 g/mol. The van der Waals surface area contributed by atoms with Gasteiger partial charge in [-0.2, -0.15) is 0 Å². The number of halogens is 2. The molecule has 102 valence electrons. The van der Waals surface area contributed by atoms with E-state index in [9.17, 15) is 9.18 Å². The quantitative estimate of drug-likeness (QED) is 0.759. The number of amides is 1. The van der Waals surface area contributed by atoms with Crippen molar-refractivity contribution in [3.63, 3.8) is 0 Å². The molecular formula is C14H16BrFN2O. The number of carbonyl (C=O) groups excluding carboxylic acids is 1. The summed E-state index contributed by atoms with van der Waals surface area (Å²) in [4.78, 5) is 12.5. The van der Waals surface area contributed by atoms with Gasteiger partial charge >= 0.3 is 0 Å². The molecule has 1 aromatic carbocycles. The zero-order chi connectivity index (χ0) is 13.5. The highest BCUT2D eigenvalue weighted by molar-refractivity contribution is 9.10. The second-order valence-electron chi connectivity index (χ2n) is 5.46. The van der Waals surface area contributed by atoms with Gasteiger partial charge in [-0.1, -0.05) is 19.3 Å². The lowest BCUT2D eigenvalue weighted by Crippen LogP contribution is -2.41. The monoisotopic (exact) mass is 326 g/mol. The van der Waals surface area contributed by atoms with Crippen molar-refractivity contribution in [2.75, 3.05) is 17.2 Å². The highest BCUT2D eigenvalue weighted by Crippen LogP contribution is 2.41. The molecule has 0 radical (unpaired) electrons. The molecule has 1 aliphatic carbocycles. The topological polar surface area (TPSA) is 41.1 Å². The zero-order valence-electron chi connectivity index (χ0n) is 10.6. The number of hydrogen-bond donors (Lipinski definition) is 2. The largest absolute Gasteiger partial charge is 0.382 e. The molecule has 19 heavy (non-hydrogen) atoms. The van der Waals surface area contributed by atoms with Gasteiger partial charge in [-0.05, 0) is 34.8 Å². The van der Waals surface area contributed by atoms with Crippen LogP contribution < -0.4 is 10.6 Å². The molecule has 0 atom stereocenters. The summed E-state index contributed by atoms with van der Waals surface area (Å²) in [6, 6.07) is 3.05. The minimum atomic E-state index is -0.361. The first kappa shape index (κ1) is 12.9. The smallest absolute Gasteiger partial charge is 0.232 e. The third-order valence-electron chi connectivity index (χ3n) is 4.22. The first-order valence-electron chi connectivity index (χ1n) is 6.65. The maximum absolute atomic E-state index is 13.6. The summed E-state index contributed by atoms with van der Waals surface area (Å²) in [6.45, 7) is 0.629. The van der Waals surface area contributed by atoms with E-state index in [0.717, 1.165) is 31.4 Å². The number of nitrogens with one attached hydrogen (secondary N) is 2. The Morgan fingerprint density at radius 2 is 1.89 bits per heavy atom. The predicted octanol–water partition coefficient (Wildman–Crippen LogP) is 3.90. The number of benzene rings is 1. The van der Waals surface area contributed by atoms with Crippen molar-refractivity contribution in [2.24, 2.45) is 5.41 Å². The Labute approximate surface area is 120 Å². The summed E-state index contributed by atoms with van der Waals surface area (Å²) >= 11 is 3.17. The molecule has 1 saturated carbocycles. The van der Waals surface area contributed by atoms with Gasteiger partial charge in [-0.3, -0.25) is 4.79 Å². The molecule has 0 aromatic heterocycles. The Balaban J connectivity index is 1.95. The lowest BCUT2D eigenvalue weighted by atomic mass is 9.73. The van der Waals surface area contributed by atoms with Crippen LogP contribution in [-0.2, 0) is 4.79 Å². The normalized spacial score (nSPS) is 21.3. The van der Waals surface area contributed by atoms with Crippen molar-refractivity contribution in [3.8, 4) is 0 Å². The van der Waals surface area contributed by atoms with Gasteiger partial charge in [-0.25, -0.2) is 4.39 Å². The number of hydrogen-bond acceptors (Lipinski definition) is 2. The van der Waals surface area contributed by atoms with Crippen molar-refractivity contribution in [1.29, 1.82) is 0 Å². The molecule has 0 saturated heterocycles. The van der Waals surface area contributed by atoms with E-state index in [1.54, 1.807) is 6.07 Å². The van der Waals surface area contributed by atoms with Gasteiger partial charge in [0.1, 0.15) is 5.82 Å². The molecule has 1 aromatic rings. The van der Waals surface area contributed by atoms with Crippen molar-refractivity contribution in [1.82, 2.24) is 0 Å². The highest BCUT2D eigenvalue weighted by atomic mass is 79.9. The van der Waals surface area contributed by atoms with E-state index in [1.807, 2.05) is 0 Å². The molecule has 3 rings (SSSR count). The standard InChI is InChI=1S/C14H16BrFN2O/c15-9-6-11-12(7-10(9)16)18-13(19)14(8-17-11)4-2-1-3-5-14/h6-7,17H,1-5,8H2,(H,18,19). The molecule has 3 nitrogen and oxygen atoms in total. The number of anilines is 2. The Kier molecular flexibility index (Phi) is 3.25. The first-order chi connectivity index (χ1) is 9.11. The Morgan fingerprint density at radius 3 is 2.63 bits per heavy atom. The van der Waals surface area contributed by atoms with Crippen molar-refractivity contribution < 1.29 is 9.18 Å². The van der Waals surface area contributed by atoms with E-state index >= 15 is 0 Å². The van der Waals surface area contributed by atoms with E-state index in [-0.39, 0.29) is 17.1 Å². The SMILES string of the molecule is O=C1Nc2cc(F)c(Br)cc2NCC12CCCCC2. The highest BCUT2D eigenvalue weighted by Gasteiger charge is 2.41. The third-order valence-corrected chi connectivity index (χ3v) is 4.83. The predicted molar refractivity (Wildman–Crippen MR) is 76.7 cm³/mol. The number of fused-ring (bicyclic) bond motifs is 1. The third kappa shape index (κ3) is 2.24. The fourth-order valence-electron chi connectivity index (χ4n) is 3.03. The van der Waals surface area contributed by atoms with Crippen LogP contribution in [0.2, 0.25) is 0 Å². The van der Waals surface area contributed by atoms with Gasteiger partial charge in [0.05, 0.1) is 21.3 Å². The molecule has 1 aliphatic heterocycles. The molecule has 2 aliphatic rings. The average molecular weight is 327 g/mol. The summed E-state index contributed by atoms with van der Waals surface area (Å²) in [5.74, 6) is -0.333. The van der Waals surface area contributed by atoms with Crippen LogP contribution in [0.3, 0.4) is 0 Å². The first-order valence-corrected chi connectivity index (χ1v) is 7.44. The summed E-state index contributed by atoms with van der Waals surface area (Å²) < 4.78 is 14.0. The summed E-state index contributed by atoms with van der Waals surface area (Å²) in [6.07, 6.45) is 5.18. The van der Waals surface area contributed by atoms with Gasteiger partial charge in [-0.15, -0.1) is 0 Å². The average Bonchev–Trinajstić information content (AvgIpc) is 2.52. The van der Waals surface area contributed by atoms with Crippen molar-refractivity contribution >= 4 is 33.2 Å². The lowest BCUT2D eigenvalue weighted by Gasteiger charge is -2.34. The molecule has 0 unspecified atom stereocenters. The molecule has 1 fully saturated rings. The molecule has 1 heterocycles. The minimum absolute atomic E-state index is 0.0279. The maximum Gasteiger partial charge on any atom is 0.232 e. The van der Waals surface area contributed by atoms with Crippen LogP contribution in [0.1, 0.15) is 32.1 Å². The van der Waals surface area contributed by atoms with Crippen molar-refractivity contribution in [2.45, 2.75) is 32.1 Å². The zero-order valence-corrected chi connectivity index (χ0v) is 12.1. The van der Waals surface area contributed by atoms with Crippen LogP contribution in [0.4, 0.5) is 15.8 Å². The van der Waals surface area contributed by atoms with Crippen LogP contribution in [-0.4, -0.2) is 12.5 Å². The van der Waals surface area contributed by atoms with Crippen LogP contribution in [0.15, 0.2) is 16.6 Å². The van der Waals surface area contributed by atoms with Gasteiger partial charge in [0.25, 0.3) is 0 Å². The fourth-order valence-corrected chi connectivity index (χ4v) is 3.37. The molecule has 2 N–H and O–H groups in total. The second kappa shape index (κ2) is 4.78. The fraction of sp³-hybridized carbons (Fsp3) is 0.500. The van der Waals surface area contributed by atoms with Gasteiger partial charge in [0, 0.05) is 12.6 Å². The number of carbonyl (C=O) groups is 1. The minimum Gasteiger partial charge on any atom is -0.382 e. The van der Waals surface area contributed by atoms with Gasteiger partial charge in [0.15, 0.2) is 0 Å². The van der Waals surface area contributed by atoms with E-state index in [1.165, 1.54) is 12.5 Å². The summed E-state index contributed by atoms with van der Waals surface area (Å²) in [5, 5.41) is 6.19. The van der Waals surface area contributed by atoms with Crippen LogP contribution >= 0.6 is 15.9 Å².